The van der Waals surface area contributed by atoms with Crippen molar-refractivity contribution in [2.24, 2.45) is 7.05 Å². The number of rotatable bonds is 6. The number of methoxy groups -OCH3 is 1. The maximum absolute atomic E-state index is 12.5. The highest BCUT2D eigenvalue weighted by Crippen LogP contribution is 2.32. The molecule has 0 aliphatic rings. The molecule has 4 aromatic rings. The van der Waals surface area contributed by atoms with Gasteiger partial charge in [-0.15, -0.1) is 10.2 Å². The number of aromatic nitrogens is 3. The number of nitrogens with zero attached hydrogens (tertiary/aromatic N) is 3. The van der Waals surface area contributed by atoms with E-state index in [1.807, 2.05) is 54.1 Å². The first-order valence-electron chi connectivity index (χ1n) is 9.20. The second-order valence-electron chi connectivity index (χ2n) is 6.57. The van der Waals surface area contributed by atoms with Gasteiger partial charge >= 0.3 is 0 Å². The highest BCUT2D eigenvalue weighted by molar-refractivity contribution is 7.99. The van der Waals surface area contributed by atoms with E-state index in [1.165, 1.54) is 11.8 Å². The van der Waals surface area contributed by atoms with E-state index >= 15 is 0 Å². The molecule has 0 atom stereocenters. The van der Waals surface area contributed by atoms with Crippen molar-refractivity contribution >= 4 is 45.7 Å². The van der Waals surface area contributed by atoms with E-state index in [4.69, 9.17) is 16.3 Å². The number of amides is 1. The highest BCUT2D eigenvalue weighted by atomic mass is 35.5. The second kappa shape index (κ2) is 8.77. The number of benzene rings is 3. The zero-order valence-corrected chi connectivity index (χ0v) is 18.0. The van der Waals surface area contributed by atoms with Crippen LogP contribution in [0, 0.1) is 0 Å². The first-order chi connectivity index (χ1) is 14.6. The van der Waals surface area contributed by atoms with E-state index < -0.39 is 0 Å². The Hall–Kier alpha value is -3.03. The average Bonchev–Trinajstić information content (AvgIpc) is 3.12. The molecule has 1 amide bonds. The number of carbonyl (C=O) groups is 1. The Labute approximate surface area is 183 Å². The van der Waals surface area contributed by atoms with Crippen molar-refractivity contribution in [1.82, 2.24) is 14.8 Å². The number of halogens is 1. The van der Waals surface area contributed by atoms with Gasteiger partial charge in [-0.25, -0.2) is 0 Å². The summed E-state index contributed by atoms with van der Waals surface area (Å²) < 4.78 is 7.23. The van der Waals surface area contributed by atoms with E-state index in [0.29, 0.717) is 21.8 Å². The number of thioether (sulfide) groups is 1. The summed E-state index contributed by atoms with van der Waals surface area (Å²) in [5.41, 5.74) is 1.54. The minimum Gasteiger partial charge on any atom is -0.496 e. The van der Waals surface area contributed by atoms with Crippen LogP contribution in [0.2, 0.25) is 5.02 Å². The number of hydrogen-bond donors (Lipinski definition) is 1. The van der Waals surface area contributed by atoms with E-state index in [1.54, 1.807) is 25.3 Å². The smallest absolute Gasteiger partial charge is 0.234 e. The molecule has 152 valence electrons. The summed E-state index contributed by atoms with van der Waals surface area (Å²) in [4.78, 5) is 12.5. The predicted octanol–water partition coefficient (Wildman–Crippen LogP) is 5.03. The van der Waals surface area contributed by atoms with Crippen LogP contribution in [0.3, 0.4) is 0 Å². The molecule has 1 aromatic heterocycles. The van der Waals surface area contributed by atoms with E-state index in [-0.39, 0.29) is 11.7 Å². The fraction of sp³-hybridized carbons (Fsp3) is 0.136. The first kappa shape index (κ1) is 20.3. The van der Waals surface area contributed by atoms with Gasteiger partial charge in [-0.3, -0.25) is 4.79 Å². The third kappa shape index (κ3) is 4.13. The monoisotopic (exact) mass is 438 g/mol. The van der Waals surface area contributed by atoms with Crippen molar-refractivity contribution in [3.05, 3.63) is 65.7 Å². The van der Waals surface area contributed by atoms with Crippen LogP contribution in [0.15, 0.2) is 65.8 Å². The van der Waals surface area contributed by atoms with Crippen LogP contribution in [-0.4, -0.2) is 33.5 Å². The third-order valence-corrected chi connectivity index (χ3v) is 5.89. The van der Waals surface area contributed by atoms with Crippen LogP contribution in [0.1, 0.15) is 0 Å². The van der Waals surface area contributed by atoms with E-state index in [0.717, 1.165) is 22.0 Å². The van der Waals surface area contributed by atoms with Crippen LogP contribution in [0.25, 0.3) is 22.2 Å². The summed E-state index contributed by atoms with van der Waals surface area (Å²) in [6.45, 7) is 0. The Bertz CT molecular complexity index is 1220. The fourth-order valence-corrected chi connectivity index (χ4v) is 4.06. The molecule has 0 saturated heterocycles. The molecule has 8 heteroatoms. The van der Waals surface area contributed by atoms with Crippen molar-refractivity contribution in [1.29, 1.82) is 0 Å². The number of anilines is 1. The van der Waals surface area contributed by atoms with Crippen molar-refractivity contribution in [2.45, 2.75) is 5.16 Å². The van der Waals surface area contributed by atoms with Gasteiger partial charge in [0.15, 0.2) is 11.0 Å². The Morgan fingerprint density at radius 3 is 2.77 bits per heavy atom. The van der Waals surface area contributed by atoms with E-state index in [9.17, 15) is 4.79 Å². The molecular formula is C22H19ClN4O2S. The highest BCUT2D eigenvalue weighted by Gasteiger charge is 2.17. The molecule has 0 spiro atoms. The van der Waals surface area contributed by atoms with Gasteiger partial charge in [-0.05, 0) is 29.7 Å². The number of carbonyl (C=O) groups excluding carboxylic acids is 1. The predicted molar refractivity (Wildman–Crippen MR) is 121 cm³/mol. The molecular weight excluding hydrogens is 420 g/mol. The summed E-state index contributed by atoms with van der Waals surface area (Å²) in [6.07, 6.45) is 0. The van der Waals surface area contributed by atoms with Gasteiger partial charge in [0.2, 0.25) is 5.91 Å². The second-order valence-corrected chi connectivity index (χ2v) is 7.95. The van der Waals surface area contributed by atoms with Crippen molar-refractivity contribution in [3.63, 3.8) is 0 Å². The van der Waals surface area contributed by atoms with Gasteiger partial charge in [0.25, 0.3) is 0 Å². The number of fused-ring (bicyclic) bond motifs is 1. The molecule has 0 aliphatic carbocycles. The van der Waals surface area contributed by atoms with Gasteiger partial charge in [-0.2, -0.15) is 0 Å². The van der Waals surface area contributed by atoms with Crippen LogP contribution in [0.4, 0.5) is 5.69 Å². The minimum absolute atomic E-state index is 0.110. The summed E-state index contributed by atoms with van der Waals surface area (Å²) in [5, 5.41) is 14.8. The molecule has 0 radical (unpaired) electrons. The molecule has 4 rings (SSSR count). The maximum atomic E-state index is 12.5. The van der Waals surface area contributed by atoms with Crippen LogP contribution in [-0.2, 0) is 11.8 Å². The lowest BCUT2D eigenvalue weighted by molar-refractivity contribution is -0.113. The van der Waals surface area contributed by atoms with E-state index in [2.05, 4.69) is 15.5 Å². The van der Waals surface area contributed by atoms with Crippen molar-refractivity contribution < 1.29 is 9.53 Å². The number of hydrogen-bond acceptors (Lipinski definition) is 5. The standard InChI is InChI=1S/C22H19ClN4O2S/c1-27-21(17-12-15(23)10-11-19(17)29-2)25-26-22(27)30-13-20(28)24-18-9-5-7-14-6-3-4-8-16(14)18/h3-12H,13H2,1-2H3,(H,24,28). The Morgan fingerprint density at radius 2 is 1.93 bits per heavy atom. The lowest BCUT2D eigenvalue weighted by atomic mass is 10.1. The Kier molecular flexibility index (Phi) is 5.92. The zero-order chi connectivity index (χ0) is 21.1. The summed E-state index contributed by atoms with van der Waals surface area (Å²) in [7, 11) is 3.44. The largest absolute Gasteiger partial charge is 0.496 e. The van der Waals surface area contributed by atoms with Gasteiger partial charge in [-0.1, -0.05) is 59.8 Å². The van der Waals surface area contributed by atoms with Gasteiger partial charge in [0.05, 0.1) is 18.4 Å². The fourth-order valence-electron chi connectivity index (χ4n) is 3.18. The van der Waals surface area contributed by atoms with Gasteiger partial charge < -0.3 is 14.6 Å². The van der Waals surface area contributed by atoms with Gasteiger partial charge in [0.1, 0.15) is 5.75 Å². The molecule has 1 heterocycles. The molecule has 30 heavy (non-hydrogen) atoms. The Morgan fingerprint density at radius 1 is 1.13 bits per heavy atom. The lowest BCUT2D eigenvalue weighted by Crippen LogP contribution is -2.14. The quantitative estimate of drug-likeness (QED) is 0.427. The molecule has 6 nitrogen and oxygen atoms in total. The molecule has 1 N–H and O–H groups in total. The molecule has 0 fully saturated rings. The van der Waals surface area contributed by atoms with Crippen molar-refractivity contribution in [3.8, 4) is 17.1 Å². The normalized spacial score (nSPS) is 10.9. The van der Waals surface area contributed by atoms with Crippen molar-refractivity contribution in [2.75, 3.05) is 18.2 Å². The van der Waals surface area contributed by atoms with Gasteiger partial charge in [0, 0.05) is 23.1 Å². The summed E-state index contributed by atoms with van der Waals surface area (Å²) >= 11 is 7.45. The third-order valence-electron chi connectivity index (χ3n) is 4.63. The summed E-state index contributed by atoms with van der Waals surface area (Å²) in [5.74, 6) is 1.37. The first-order valence-corrected chi connectivity index (χ1v) is 10.6. The zero-order valence-electron chi connectivity index (χ0n) is 16.4. The van der Waals surface area contributed by atoms with Crippen LogP contribution in [0.5, 0.6) is 5.75 Å². The topological polar surface area (TPSA) is 69.0 Å². The SMILES string of the molecule is COc1ccc(Cl)cc1-c1nnc(SCC(=O)Nc2cccc3ccccc23)n1C. The molecule has 3 aromatic carbocycles. The molecule has 0 bridgehead atoms. The molecule has 0 aliphatic heterocycles. The van der Waals surface area contributed by atoms with Crippen LogP contribution < -0.4 is 10.1 Å². The lowest BCUT2D eigenvalue weighted by Gasteiger charge is -2.10. The number of nitrogens with one attached hydrogen (secondary N) is 1. The minimum atomic E-state index is -0.110. The number of ether oxygens (including phenoxy) is 1. The average molecular weight is 439 g/mol. The molecule has 0 saturated carbocycles. The molecule has 0 unspecified atom stereocenters. The Balaban J connectivity index is 1.48. The maximum Gasteiger partial charge on any atom is 0.234 e. The summed E-state index contributed by atoms with van der Waals surface area (Å²) in [6, 6.07) is 19.1. The van der Waals surface area contributed by atoms with Crippen LogP contribution >= 0.6 is 23.4 Å².